The van der Waals surface area contributed by atoms with Gasteiger partial charge in [0.25, 0.3) is 0 Å². The van der Waals surface area contributed by atoms with Crippen LogP contribution >= 0.6 is 0 Å². The predicted molar refractivity (Wildman–Crippen MR) is 289 cm³/mol. The topological polar surface area (TPSA) is 16.4 Å². The zero-order valence-corrected chi connectivity index (χ0v) is 37.7. The predicted octanol–water partition coefficient (Wildman–Crippen LogP) is 18.2. The van der Waals surface area contributed by atoms with Crippen LogP contribution in [0.25, 0.3) is 87.6 Å². The molecule has 0 spiro atoms. The van der Waals surface area contributed by atoms with E-state index >= 15 is 0 Å². The largest absolute Gasteiger partial charge is 0.455 e. The van der Waals surface area contributed by atoms with Crippen molar-refractivity contribution < 1.29 is 4.42 Å². The molecule has 0 saturated heterocycles. The van der Waals surface area contributed by atoms with Crippen LogP contribution in [0.2, 0.25) is 0 Å². The molecule has 0 atom stereocenters. The maximum Gasteiger partial charge on any atom is 0.143 e. The number of hydrogen-bond donors (Lipinski definition) is 0. The second-order valence-corrected chi connectivity index (χ2v) is 18.3. The van der Waals surface area contributed by atoms with Crippen molar-refractivity contribution in [3.63, 3.8) is 0 Å². The molecule has 12 aromatic carbocycles. The number of nitrogens with zero attached hydrogens (tertiary/aromatic N) is 1. The Morgan fingerprint density at radius 3 is 1.71 bits per heavy atom. The van der Waals surface area contributed by atoms with E-state index in [1.807, 2.05) is 0 Å². The first-order valence-electron chi connectivity index (χ1n) is 23.8. The molecule has 0 radical (unpaired) electrons. The van der Waals surface area contributed by atoms with Gasteiger partial charge in [-0.2, -0.15) is 0 Å². The average molecular weight is 878 g/mol. The van der Waals surface area contributed by atoms with Crippen molar-refractivity contribution in [1.29, 1.82) is 0 Å². The fraction of sp³-hybridized carbons (Fsp3) is 0.0149. The molecular formula is C67H43NO. The Kier molecular flexibility index (Phi) is 8.84. The Bertz CT molecular complexity index is 4090. The van der Waals surface area contributed by atoms with Crippen molar-refractivity contribution in [3.8, 4) is 33.4 Å². The molecule has 1 aliphatic carbocycles. The van der Waals surface area contributed by atoms with Crippen molar-refractivity contribution in [2.24, 2.45) is 0 Å². The Balaban J connectivity index is 0.988. The third kappa shape index (κ3) is 5.99. The molecule has 1 aliphatic rings. The minimum absolute atomic E-state index is 0.541. The normalized spacial score (nSPS) is 12.8. The molecular weight excluding hydrogens is 835 g/mol. The molecule has 13 aromatic rings. The Labute approximate surface area is 400 Å². The summed E-state index contributed by atoms with van der Waals surface area (Å²) in [7, 11) is 0. The third-order valence-corrected chi connectivity index (χ3v) is 14.7. The first kappa shape index (κ1) is 39.2. The van der Waals surface area contributed by atoms with Crippen LogP contribution in [0.1, 0.15) is 22.3 Å². The van der Waals surface area contributed by atoms with Crippen molar-refractivity contribution in [2.75, 3.05) is 4.90 Å². The molecule has 0 aliphatic heterocycles. The van der Waals surface area contributed by atoms with E-state index in [0.717, 1.165) is 55.5 Å². The molecule has 0 unspecified atom stereocenters. The van der Waals surface area contributed by atoms with Gasteiger partial charge in [-0.05, 0) is 137 Å². The van der Waals surface area contributed by atoms with Gasteiger partial charge in [0, 0.05) is 33.2 Å². The van der Waals surface area contributed by atoms with E-state index in [4.69, 9.17) is 4.42 Å². The molecule has 2 heteroatoms. The Hall–Kier alpha value is -8.98. The lowest BCUT2D eigenvalue weighted by molar-refractivity contribution is 0.673. The molecule has 2 nitrogen and oxygen atoms in total. The zero-order valence-electron chi connectivity index (χ0n) is 37.7. The lowest BCUT2D eigenvalue weighted by Crippen LogP contribution is -2.28. The monoisotopic (exact) mass is 877 g/mol. The summed E-state index contributed by atoms with van der Waals surface area (Å²) in [5.41, 5.74) is 16.7. The van der Waals surface area contributed by atoms with Gasteiger partial charge in [0.1, 0.15) is 11.2 Å². The van der Waals surface area contributed by atoms with Gasteiger partial charge in [-0.15, -0.1) is 0 Å². The third-order valence-electron chi connectivity index (χ3n) is 14.7. The highest BCUT2D eigenvalue weighted by atomic mass is 16.3. The van der Waals surface area contributed by atoms with E-state index in [1.165, 1.54) is 71.4 Å². The van der Waals surface area contributed by atoms with Crippen LogP contribution in [-0.2, 0) is 5.41 Å². The summed E-state index contributed by atoms with van der Waals surface area (Å²) in [6.45, 7) is 0. The zero-order chi connectivity index (χ0) is 45.5. The maximum absolute atomic E-state index is 6.69. The van der Waals surface area contributed by atoms with E-state index in [9.17, 15) is 0 Å². The number of hydrogen-bond acceptors (Lipinski definition) is 2. The van der Waals surface area contributed by atoms with E-state index in [2.05, 4.69) is 266 Å². The van der Waals surface area contributed by atoms with Crippen LogP contribution in [0.5, 0.6) is 0 Å². The number of anilines is 3. The SMILES string of the molecule is c1ccc(C2(c3ccccc3)c3ccccc3-c3ccc(N(c4ccc(-c5cc6ccccc6c6ccccc56)cc4)c4cccc(-c5cccc6oc7c8ccccc8ccc7c56)c4)cc32)cc1. The van der Waals surface area contributed by atoms with Crippen molar-refractivity contribution in [3.05, 3.63) is 283 Å². The Morgan fingerprint density at radius 1 is 0.304 bits per heavy atom. The molecule has 1 heterocycles. The Morgan fingerprint density at radius 2 is 0.913 bits per heavy atom. The fourth-order valence-corrected chi connectivity index (χ4v) is 11.7. The van der Waals surface area contributed by atoms with Crippen LogP contribution in [0.4, 0.5) is 17.1 Å². The quantitative estimate of drug-likeness (QED) is 0.148. The first-order chi connectivity index (χ1) is 34.2. The molecule has 0 N–H and O–H groups in total. The minimum atomic E-state index is -0.541. The van der Waals surface area contributed by atoms with Gasteiger partial charge in [-0.25, -0.2) is 0 Å². The van der Waals surface area contributed by atoms with Crippen LogP contribution in [0, 0.1) is 0 Å². The van der Waals surface area contributed by atoms with Crippen LogP contribution in [0.3, 0.4) is 0 Å². The average Bonchev–Trinajstić information content (AvgIpc) is 3.96. The van der Waals surface area contributed by atoms with Crippen LogP contribution < -0.4 is 4.90 Å². The highest BCUT2D eigenvalue weighted by Crippen LogP contribution is 2.57. The smallest absolute Gasteiger partial charge is 0.143 e. The van der Waals surface area contributed by atoms with Gasteiger partial charge in [0.05, 0.1) is 5.41 Å². The van der Waals surface area contributed by atoms with Crippen molar-refractivity contribution in [1.82, 2.24) is 0 Å². The molecule has 0 bridgehead atoms. The van der Waals surface area contributed by atoms with Gasteiger partial charge >= 0.3 is 0 Å². The second-order valence-electron chi connectivity index (χ2n) is 18.3. The maximum atomic E-state index is 6.69. The molecule has 322 valence electrons. The lowest BCUT2D eigenvalue weighted by Gasteiger charge is -2.35. The van der Waals surface area contributed by atoms with Gasteiger partial charge < -0.3 is 9.32 Å². The van der Waals surface area contributed by atoms with Gasteiger partial charge in [-0.3, -0.25) is 0 Å². The summed E-state index contributed by atoms with van der Waals surface area (Å²) in [6.07, 6.45) is 0. The minimum Gasteiger partial charge on any atom is -0.455 e. The molecule has 0 saturated carbocycles. The summed E-state index contributed by atoms with van der Waals surface area (Å²) in [5.74, 6) is 0. The van der Waals surface area contributed by atoms with Gasteiger partial charge in [0.15, 0.2) is 0 Å². The number of benzene rings is 12. The summed E-state index contributed by atoms with van der Waals surface area (Å²) < 4.78 is 6.69. The van der Waals surface area contributed by atoms with Crippen molar-refractivity contribution >= 4 is 71.3 Å². The molecule has 0 fully saturated rings. The highest BCUT2D eigenvalue weighted by molar-refractivity contribution is 6.19. The first-order valence-corrected chi connectivity index (χ1v) is 23.8. The lowest BCUT2D eigenvalue weighted by atomic mass is 9.67. The van der Waals surface area contributed by atoms with E-state index in [0.29, 0.717) is 0 Å². The number of furan rings is 1. The van der Waals surface area contributed by atoms with Crippen LogP contribution in [0.15, 0.2) is 265 Å². The number of fused-ring (bicyclic) bond motifs is 11. The summed E-state index contributed by atoms with van der Waals surface area (Å²) in [6, 6.07) is 95.7. The fourth-order valence-electron chi connectivity index (χ4n) is 11.7. The van der Waals surface area contributed by atoms with Crippen molar-refractivity contribution in [2.45, 2.75) is 5.41 Å². The molecule has 69 heavy (non-hydrogen) atoms. The highest BCUT2D eigenvalue weighted by Gasteiger charge is 2.46. The van der Waals surface area contributed by atoms with Gasteiger partial charge in [-0.1, -0.05) is 206 Å². The second kappa shape index (κ2) is 15.6. The van der Waals surface area contributed by atoms with E-state index in [-0.39, 0.29) is 0 Å². The standard InChI is InChI=1S/C67H43NO/c1-3-20-48(21-4-1)67(49-22-5-2-6-23-49)62-31-14-13-29-58(62)59-40-38-52(43-63(59)67)68(50-36-33-45(34-37-50)61-42-47-18-8-9-25-53(47)56-27-11-12-28-57(56)61)51-24-15-19-46(41-51)54-30-16-32-64-65(54)60-39-35-44-17-7-10-26-55(44)66(60)69-64/h1-43H. The number of rotatable bonds is 7. The molecule has 0 amide bonds. The molecule has 14 rings (SSSR count). The summed E-state index contributed by atoms with van der Waals surface area (Å²) in [5, 5.41) is 9.56. The summed E-state index contributed by atoms with van der Waals surface area (Å²) >= 11 is 0. The van der Waals surface area contributed by atoms with Crippen LogP contribution in [-0.4, -0.2) is 0 Å². The molecule has 1 aromatic heterocycles. The van der Waals surface area contributed by atoms with E-state index < -0.39 is 5.41 Å². The van der Waals surface area contributed by atoms with E-state index in [1.54, 1.807) is 0 Å². The van der Waals surface area contributed by atoms with Gasteiger partial charge in [0.2, 0.25) is 0 Å². The summed E-state index contributed by atoms with van der Waals surface area (Å²) in [4.78, 5) is 2.44.